The van der Waals surface area contributed by atoms with Gasteiger partial charge in [-0.2, -0.15) is 5.10 Å². The summed E-state index contributed by atoms with van der Waals surface area (Å²) in [6, 6.07) is 19.0. The van der Waals surface area contributed by atoms with Gasteiger partial charge in [0.15, 0.2) is 0 Å². The largest absolute Gasteiger partial charge is 0.463 e. The fourth-order valence-corrected chi connectivity index (χ4v) is 3.74. The van der Waals surface area contributed by atoms with Crippen LogP contribution in [0.1, 0.15) is 39.7 Å². The third-order valence-corrected chi connectivity index (χ3v) is 5.18. The van der Waals surface area contributed by atoms with Gasteiger partial charge in [0.05, 0.1) is 12.3 Å². The van der Waals surface area contributed by atoms with Crippen LogP contribution in [0, 0.1) is 6.92 Å². The predicted molar refractivity (Wildman–Crippen MR) is 104 cm³/mol. The first-order valence-electron chi connectivity index (χ1n) is 8.39. The number of nitrogens with zero attached hydrogens (tertiary/aromatic N) is 2. The van der Waals surface area contributed by atoms with E-state index in [1.54, 1.807) is 11.3 Å². The van der Waals surface area contributed by atoms with Crippen LogP contribution in [0.5, 0.6) is 0 Å². The number of amides is 1. The second-order valence-corrected chi connectivity index (χ2v) is 7.14. The first kappa shape index (κ1) is 16.8. The summed E-state index contributed by atoms with van der Waals surface area (Å²) in [7, 11) is 0. The first-order chi connectivity index (χ1) is 12.6. The molecule has 2 aromatic carbocycles. The highest BCUT2D eigenvalue weighted by Crippen LogP contribution is 2.37. The Labute approximate surface area is 160 Å². The minimum Gasteiger partial charge on any atom is -0.463 e. The lowest BCUT2D eigenvalue weighted by molar-refractivity contribution is 0.0710. The summed E-state index contributed by atoms with van der Waals surface area (Å²) in [6.45, 7) is 1.98. The Morgan fingerprint density at radius 1 is 1.15 bits per heavy atom. The smallest absolute Gasteiger partial charge is 0.274 e. The van der Waals surface area contributed by atoms with Crippen molar-refractivity contribution in [2.24, 2.45) is 5.10 Å². The number of rotatable bonds is 3. The minimum absolute atomic E-state index is 0.115. The number of furan rings is 1. The van der Waals surface area contributed by atoms with Crippen LogP contribution in [-0.2, 0) is 0 Å². The van der Waals surface area contributed by atoms with Gasteiger partial charge in [-0.1, -0.05) is 51.8 Å². The van der Waals surface area contributed by atoms with Crippen LogP contribution in [0.3, 0.4) is 0 Å². The Balaban J connectivity index is 1.76. The van der Waals surface area contributed by atoms with Gasteiger partial charge in [-0.15, -0.1) is 0 Å². The van der Waals surface area contributed by atoms with E-state index in [1.165, 1.54) is 0 Å². The lowest BCUT2D eigenvalue weighted by Gasteiger charge is -2.23. The van der Waals surface area contributed by atoms with E-state index in [9.17, 15) is 4.79 Å². The lowest BCUT2D eigenvalue weighted by Crippen LogP contribution is -2.27. The summed E-state index contributed by atoms with van der Waals surface area (Å²) in [5.74, 6) is 0.581. The number of carbonyl (C=O) groups excluding carboxylic acids is 1. The molecule has 0 aliphatic carbocycles. The van der Waals surface area contributed by atoms with E-state index >= 15 is 0 Å². The third kappa shape index (κ3) is 3.10. The van der Waals surface area contributed by atoms with Crippen LogP contribution >= 0.6 is 15.9 Å². The van der Waals surface area contributed by atoms with E-state index < -0.39 is 0 Å². The van der Waals surface area contributed by atoms with Gasteiger partial charge in [0.25, 0.3) is 5.91 Å². The molecule has 0 N–H and O–H groups in total. The molecule has 130 valence electrons. The van der Waals surface area contributed by atoms with Crippen LogP contribution in [0.25, 0.3) is 0 Å². The predicted octanol–water partition coefficient (Wildman–Crippen LogP) is 5.34. The Hall–Kier alpha value is -2.66. The molecule has 1 aromatic heterocycles. The molecule has 3 aromatic rings. The number of hydrogen-bond donors (Lipinski definition) is 0. The Morgan fingerprint density at radius 2 is 2.00 bits per heavy atom. The molecule has 0 bridgehead atoms. The van der Waals surface area contributed by atoms with Crippen LogP contribution < -0.4 is 0 Å². The zero-order chi connectivity index (χ0) is 18.1. The molecule has 0 saturated carbocycles. The van der Waals surface area contributed by atoms with E-state index in [0.717, 1.165) is 21.3 Å². The number of carbonyl (C=O) groups is 1. The Bertz CT molecular complexity index is 979. The summed E-state index contributed by atoms with van der Waals surface area (Å²) in [5.41, 5.74) is 3.48. The Morgan fingerprint density at radius 3 is 2.73 bits per heavy atom. The summed E-state index contributed by atoms with van der Waals surface area (Å²) in [5, 5.41) is 6.20. The zero-order valence-electron chi connectivity index (χ0n) is 14.2. The van der Waals surface area contributed by atoms with Crippen molar-refractivity contribution >= 4 is 27.5 Å². The third-order valence-electron chi connectivity index (χ3n) is 4.45. The van der Waals surface area contributed by atoms with Crippen molar-refractivity contribution < 1.29 is 9.21 Å². The normalized spacial score (nSPS) is 16.6. The van der Waals surface area contributed by atoms with E-state index in [-0.39, 0.29) is 11.9 Å². The lowest BCUT2D eigenvalue weighted by atomic mass is 10.0. The molecule has 1 atom stereocenters. The molecule has 1 amide bonds. The average molecular weight is 409 g/mol. The van der Waals surface area contributed by atoms with E-state index in [2.05, 4.69) is 21.0 Å². The number of hydrogen-bond acceptors (Lipinski definition) is 3. The fourth-order valence-electron chi connectivity index (χ4n) is 3.19. The standard InChI is InChI=1S/C21H17BrN2O2/c1-14-6-4-7-15(12-14)21(25)24-19(16-8-2-3-9-17(16)22)13-18(23-24)20-10-5-11-26-20/h2-12,19H,13H2,1H3/t19-/m1/s1. The van der Waals surface area contributed by atoms with Crippen molar-refractivity contribution in [1.82, 2.24) is 5.01 Å². The maximum atomic E-state index is 13.2. The van der Waals surface area contributed by atoms with Crippen LogP contribution in [0.2, 0.25) is 0 Å². The minimum atomic E-state index is -0.182. The van der Waals surface area contributed by atoms with Crippen LogP contribution in [0.4, 0.5) is 0 Å². The molecule has 0 radical (unpaired) electrons. The van der Waals surface area contributed by atoms with E-state index in [0.29, 0.717) is 17.7 Å². The van der Waals surface area contributed by atoms with E-state index in [1.807, 2.05) is 67.6 Å². The van der Waals surface area contributed by atoms with Crippen molar-refractivity contribution in [3.05, 3.63) is 93.9 Å². The second kappa shape index (κ2) is 6.92. The van der Waals surface area contributed by atoms with Gasteiger partial charge in [0.2, 0.25) is 0 Å². The van der Waals surface area contributed by atoms with Gasteiger partial charge < -0.3 is 4.42 Å². The molecular formula is C21H17BrN2O2. The maximum absolute atomic E-state index is 13.2. The van der Waals surface area contributed by atoms with Crippen LogP contribution in [-0.4, -0.2) is 16.6 Å². The number of benzene rings is 2. The fraction of sp³-hybridized carbons (Fsp3) is 0.143. The zero-order valence-corrected chi connectivity index (χ0v) is 15.8. The maximum Gasteiger partial charge on any atom is 0.274 e. The van der Waals surface area contributed by atoms with Crippen LogP contribution in [0.15, 0.2) is 80.9 Å². The topological polar surface area (TPSA) is 45.8 Å². The summed E-state index contributed by atoms with van der Waals surface area (Å²) in [4.78, 5) is 13.2. The summed E-state index contributed by atoms with van der Waals surface area (Å²) in [6.07, 6.45) is 2.23. The molecule has 5 heteroatoms. The quantitative estimate of drug-likeness (QED) is 0.586. The highest BCUT2D eigenvalue weighted by molar-refractivity contribution is 9.10. The van der Waals surface area contributed by atoms with Gasteiger partial charge in [0.1, 0.15) is 11.5 Å². The highest BCUT2D eigenvalue weighted by Gasteiger charge is 2.35. The SMILES string of the molecule is Cc1cccc(C(=O)N2N=C(c3ccco3)C[C@@H]2c2ccccc2Br)c1. The highest BCUT2D eigenvalue weighted by atomic mass is 79.9. The van der Waals surface area contributed by atoms with Gasteiger partial charge in [-0.3, -0.25) is 4.79 Å². The van der Waals surface area contributed by atoms with Crippen molar-refractivity contribution in [2.75, 3.05) is 0 Å². The molecule has 4 nitrogen and oxygen atoms in total. The molecule has 0 unspecified atom stereocenters. The average Bonchev–Trinajstić information content (AvgIpc) is 3.31. The molecule has 0 saturated heterocycles. The molecule has 2 heterocycles. The second-order valence-electron chi connectivity index (χ2n) is 6.28. The monoisotopic (exact) mass is 408 g/mol. The van der Waals surface area contributed by atoms with Crippen molar-refractivity contribution in [1.29, 1.82) is 0 Å². The molecule has 0 spiro atoms. The van der Waals surface area contributed by atoms with Crippen molar-refractivity contribution in [3.8, 4) is 0 Å². The molecule has 26 heavy (non-hydrogen) atoms. The number of halogens is 1. The summed E-state index contributed by atoms with van der Waals surface area (Å²) < 4.78 is 6.47. The van der Waals surface area contributed by atoms with Crippen molar-refractivity contribution in [3.63, 3.8) is 0 Å². The van der Waals surface area contributed by atoms with Gasteiger partial charge in [-0.05, 0) is 42.8 Å². The number of hydrazone groups is 1. The molecule has 0 fully saturated rings. The van der Waals surface area contributed by atoms with Gasteiger partial charge in [0, 0.05) is 16.5 Å². The van der Waals surface area contributed by atoms with E-state index in [4.69, 9.17) is 4.42 Å². The molecular weight excluding hydrogens is 392 g/mol. The molecule has 4 rings (SSSR count). The Kier molecular flexibility index (Phi) is 4.47. The van der Waals surface area contributed by atoms with Gasteiger partial charge >= 0.3 is 0 Å². The molecule has 1 aliphatic heterocycles. The summed E-state index contributed by atoms with van der Waals surface area (Å²) >= 11 is 3.61. The van der Waals surface area contributed by atoms with Crippen molar-refractivity contribution in [2.45, 2.75) is 19.4 Å². The first-order valence-corrected chi connectivity index (χ1v) is 9.19. The number of aryl methyl sites for hydroxylation is 1. The van der Waals surface area contributed by atoms with Gasteiger partial charge in [-0.25, -0.2) is 5.01 Å². The molecule has 1 aliphatic rings.